The number of carbonyl (C=O) groups is 2. The number of anilines is 1. The summed E-state index contributed by atoms with van der Waals surface area (Å²) in [5.41, 5.74) is 1.19. The van der Waals surface area contributed by atoms with Crippen molar-refractivity contribution < 1.29 is 9.59 Å². The zero-order chi connectivity index (χ0) is 18.6. The number of thioether (sulfide) groups is 1. The summed E-state index contributed by atoms with van der Waals surface area (Å²) >= 11 is 1.63. The molecule has 1 aliphatic carbocycles. The molecule has 4 rings (SSSR count). The quantitative estimate of drug-likeness (QED) is 0.824. The lowest BCUT2D eigenvalue weighted by Gasteiger charge is -2.31. The highest BCUT2D eigenvalue weighted by Gasteiger charge is 2.39. The number of nitrogens with zero attached hydrogens (tertiary/aromatic N) is 4. The Morgan fingerprint density at radius 3 is 2.78 bits per heavy atom. The average Bonchev–Trinajstić information content (AvgIpc) is 3.28. The van der Waals surface area contributed by atoms with Gasteiger partial charge in [0.05, 0.1) is 5.88 Å². The van der Waals surface area contributed by atoms with Crippen molar-refractivity contribution in [1.82, 2.24) is 19.7 Å². The van der Waals surface area contributed by atoms with E-state index in [1.54, 1.807) is 35.1 Å². The largest absolute Gasteiger partial charge is 0.320 e. The molecule has 1 saturated heterocycles. The molecule has 1 unspecified atom stereocenters. The lowest BCUT2D eigenvalue weighted by Crippen LogP contribution is -2.47. The maximum atomic E-state index is 12.7. The first-order valence-corrected chi connectivity index (χ1v) is 10.5. The fraction of sp³-hybridized carbons (Fsp3) is 0.474. The van der Waals surface area contributed by atoms with Gasteiger partial charge < -0.3 is 10.2 Å². The van der Waals surface area contributed by atoms with Crippen LogP contribution in [0.2, 0.25) is 0 Å². The summed E-state index contributed by atoms with van der Waals surface area (Å²) in [5, 5.41) is 7.30. The van der Waals surface area contributed by atoms with Crippen LogP contribution in [0, 0.1) is 5.92 Å². The highest BCUT2D eigenvalue weighted by Crippen LogP contribution is 2.32. The Bertz CT molecular complexity index is 805. The van der Waals surface area contributed by atoms with E-state index in [9.17, 15) is 9.59 Å². The molecule has 0 bridgehead atoms. The third-order valence-electron chi connectivity index (χ3n) is 5.19. The molecule has 0 aromatic carbocycles. The van der Waals surface area contributed by atoms with Gasteiger partial charge in [-0.1, -0.05) is 6.42 Å². The fourth-order valence-electron chi connectivity index (χ4n) is 3.32. The number of pyridine rings is 1. The van der Waals surface area contributed by atoms with Gasteiger partial charge in [0.25, 0.3) is 0 Å². The molecule has 1 N–H and O–H groups in total. The smallest absolute Gasteiger partial charge is 0.249 e. The topological polar surface area (TPSA) is 80.1 Å². The molecule has 2 aliphatic rings. The number of hydrogen-bond acceptors (Lipinski definition) is 5. The first-order valence-electron chi connectivity index (χ1n) is 9.32. The summed E-state index contributed by atoms with van der Waals surface area (Å²) in [6, 6.07) is 5.37. The van der Waals surface area contributed by atoms with E-state index in [1.807, 2.05) is 23.0 Å². The van der Waals surface area contributed by atoms with Gasteiger partial charge in [0, 0.05) is 42.9 Å². The van der Waals surface area contributed by atoms with Crippen molar-refractivity contribution in [3.8, 4) is 0 Å². The molecular weight excluding hydrogens is 362 g/mol. The highest BCUT2D eigenvalue weighted by molar-refractivity contribution is 7.99. The van der Waals surface area contributed by atoms with E-state index >= 15 is 0 Å². The Labute approximate surface area is 162 Å². The minimum absolute atomic E-state index is 0.117. The second-order valence-corrected chi connectivity index (χ2v) is 8.01. The van der Waals surface area contributed by atoms with E-state index in [1.165, 1.54) is 5.56 Å². The van der Waals surface area contributed by atoms with Crippen LogP contribution in [0.5, 0.6) is 0 Å². The maximum Gasteiger partial charge on any atom is 0.249 e. The standard InChI is InChI=1S/C19H23N5O2S/c25-18(16-12-27-13-24(16)19(26)15-2-1-3-15)21-17-7-11-23(22-17)10-6-14-4-8-20-9-5-14/h4-5,7-9,11,15-16H,1-3,6,10,12-13H2,(H,21,22,25). The van der Waals surface area contributed by atoms with Crippen LogP contribution in [0.25, 0.3) is 0 Å². The molecule has 7 nitrogen and oxygen atoms in total. The van der Waals surface area contributed by atoms with Crippen molar-refractivity contribution >= 4 is 29.4 Å². The first kappa shape index (κ1) is 18.0. The number of amides is 2. The normalized spacial score (nSPS) is 19.7. The van der Waals surface area contributed by atoms with E-state index < -0.39 is 6.04 Å². The molecule has 2 fully saturated rings. The fourth-order valence-corrected chi connectivity index (χ4v) is 4.49. The first-order chi connectivity index (χ1) is 13.2. The number of aromatic nitrogens is 3. The van der Waals surface area contributed by atoms with Gasteiger partial charge in [0.2, 0.25) is 11.8 Å². The van der Waals surface area contributed by atoms with Crippen LogP contribution in [0.1, 0.15) is 24.8 Å². The number of carbonyl (C=O) groups excluding carboxylic acids is 2. The van der Waals surface area contributed by atoms with Crippen LogP contribution in [-0.2, 0) is 22.6 Å². The van der Waals surface area contributed by atoms with Gasteiger partial charge in [-0.3, -0.25) is 19.3 Å². The lowest BCUT2D eigenvalue weighted by atomic mass is 9.84. The number of aryl methyl sites for hydroxylation is 2. The van der Waals surface area contributed by atoms with E-state index in [2.05, 4.69) is 15.4 Å². The molecule has 1 aliphatic heterocycles. The van der Waals surface area contributed by atoms with Crippen LogP contribution in [0.4, 0.5) is 5.82 Å². The van der Waals surface area contributed by atoms with Crippen LogP contribution in [0.15, 0.2) is 36.8 Å². The highest BCUT2D eigenvalue weighted by atomic mass is 32.2. The van der Waals surface area contributed by atoms with Crippen molar-refractivity contribution in [3.63, 3.8) is 0 Å². The second kappa shape index (κ2) is 8.12. The number of rotatable bonds is 6. The summed E-state index contributed by atoms with van der Waals surface area (Å²) < 4.78 is 1.82. The van der Waals surface area contributed by atoms with Crippen molar-refractivity contribution in [3.05, 3.63) is 42.4 Å². The van der Waals surface area contributed by atoms with E-state index in [0.29, 0.717) is 17.4 Å². The third-order valence-corrected chi connectivity index (χ3v) is 6.21. The molecule has 1 atom stereocenters. The molecule has 8 heteroatoms. The Balaban J connectivity index is 1.32. The van der Waals surface area contributed by atoms with E-state index in [0.717, 1.165) is 32.2 Å². The maximum absolute atomic E-state index is 12.7. The summed E-state index contributed by atoms with van der Waals surface area (Å²) in [7, 11) is 0. The Hall–Kier alpha value is -2.35. The summed E-state index contributed by atoms with van der Waals surface area (Å²) in [6.07, 6.45) is 9.29. The van der Waals surface area contributed by atoms with Crippen LogP contribution in [-0.4, -0.2) is 49.2 Å². The van der Waals surface area contributed by atoms with Crippen molar-refractivity contribution in [1.29, 1.82) is 0 Å². The lowest BCUT2D eigenvalue weighted by molar-refractivity contribution is -0.141. The molecule has 27 heavy (non-hydrogen) atoms. The molecule has 2 amide bonds. The van der Waals surface area contributed by atoms with Gasteiger partial charge in [-0.25, -0.2) is 0 Å². The zero-order valence-electron chi connectivity index (χ0n) is 15.1. The summed E-state index contributed by atoms with van der Waals surface area (Å²) in [5.74, 6) is 1.89. The Morgan fingerprint density at radius 2 is 2.04 bits per heavy atom. The monoisotopic (exact) mass is 385 g/mol. The minimum atomic E-state index is -0.398. The van der Waals surface area contributed by atoms with Gasteiger partial charge >= 0.3 is 0 Å². The zero-order valence-corrected chi connectivity index (χ0v) is 15.9. The Kier molecular flexibility index (Phi) is 5.42. The van der Waals surface area contributed by atoms with Gasteiger partial charge in [-0.15, -0.1) is 11.8 Å². The average molecular weight is 385 g/mol. The van der Waals surface area contributed by atoms with Gasteiger partial charge in [-0.2, -0.15) is 5.10 Å². The van der Waals surface area contributed by atoms with Gasteiger partial charge in [-0.05, 0) is 37.0 Å². The SMILES string of the molecule is O=C(Nc1ccn(CCc2ccncc2)n1)C1CSCN1C(=O)C1CCC1. The molecule has 0 radical (unpaired) electrons. The van der Waals surface area contributed by atoms with E-state index in [-0.39, 0.29) is 17.7 Å². The number of hydrogen-bond donors (Lipinski definition) is 1. The number of nitrogens with one attached hydrogen (secondary N) is 1. The predicted octanol–water partition coefficient (Wildman–Crippen LogP) is 2.16. The van der Waals surface area contributed by atoms with Crippen molar-refractivity contribution in [2.24, 2.45) is 5.92 Å². The summed E-state index contributed by atoms with van der Waals surface area (Å²) in [6.45, 7) is 0.728. The van der Waals surface area contributed by atoms with Gasteiger partial charge in [0.1, 0.15) is 6.04 Å². The molecule has 3 heterocycles. The van der Waals surface area contributed by atoms with Crippen LogP contribution in [0.3, 0.4) is 0 Å². The van der Waals surface area contributed by atoms with Gasteiger partial charge in [0.15, 0.2) is 5.82 Å². The summed E-state index contributed by atoms with van der Waals surface area (Å²) in [4.78, 5) is 31.0. The van der Waals surface area contributed by atoms with Crippen LogP contribution < -0.4 is 5.32 Å². The molecule has 1 saturated carbocycles. The second-order valence-electron chi connectivity index (χ2n) is 7.01. The van der Waals surface area contributed by atoms with Crippen LogP contribution >= 0.6 is 11.8 Å². The Morgan fingerprint density at radius 1 is 1.22 bits per heavy atom. The molecule has 2 aromatic rings. The van der Waals surface area contributed by atoms with Crippen molar-refractivity contribution in [2.75, 3.05) is 16.9 Å². The molecule has 2 aromatic heterocycles. The molecule has 0 spiro atoms. The minimum Gasteiger partial charge on any atom is -0.320 e. The molecule has 142 valence electrons. The van der Waals surface area contributed by atoms with E-state index in [4.69, 9.17) is 0 Å². The molecular formula is C19H23N5O2S. The third kappa shape index (κ3) is 4.16. The predicted molar refractivity (Wildman–Crippen MR) is 104 cm³/mol. The van der Waals surface area contributed by atoms with Crippen molar-refractivity contribution in [2.45, 2.75) is 38.3 Å².